The standard InChI is InChI=1S/C23H24N4O3S/c1-13-6-5-8-24-21(13)20(10-17-7-9-31-12-17)25-23(28)22-19(16(4)30-27-22)11-18-14(2)26-29-15(18)3/h5-9,12,20H,10-11H2,1-4H3,(H,25,28)/t20-/m1/s1. The van der Waals surface area contributed by atoms with Gasteiger partial charge in [-0.25, -0.2) is 0 Å². The normalized spacial score (nSPS) is 12.1. The molecule has 0 aliphatic heterocycles. The SMILES string of the molecule is Cc1cccnc1[C@@H](Cc1ccsc1)NC(=O)c1noc(C)c1Cc1c(C)noc1C. The maximum atomic E-state index is 13.3. The van der Waals surface area contributed by atoms with Crippen LogP contribution < -0.4 is 5.32 Å². The Morgan fingerprint density at radius 3 is 2.55 bits per heavy atom. The zero-order valence-corrected chi connectivity index (χ0v) is 18.7. The third-order valence-electron chi connectivity index (χ3n) is 5.44. The fourth-order valence-corrected chi connectivity index (χ4v) is 4.34. The predicted molar refractivity (Wildman–Crippen MR) is 117 cm³/mol. The van der Waals surface area contributed by atoms with E-state index < -0.39 is 0 Å². The van der Waals surface area contributed by atoms with Gasteiger partial charge in [0.1, 0.15) is 11.5 Å². The van der Waals surface area contributed by atoms with Crippen molar-refractivity contribution in [1.82, 2.24) is 20.6 Å². The van der Waals surface area contributed by atoms with Crippen molar-refractivity contribution in [2.24, 2.45) is 0 Å². The van der Waals surface area contributed by atoms with Gasteiger partial charge in [0, 0.05) is 23.7 Å². The smallest absolute Gasteiger partial charge is 0.274 e. The Bertz CT molecular complexity index is 1170. The molecule has 0 spiro atoms. The van der Waals surface area contributed by atoms with Crippen LogP contribution in [0.3, 0.4) is 0 Å². The number of nitrogens with one attached hydrogen (secondary N) is 1. The molecule has 0 aliphatic rings. The Balaban J connectivity index is 1.63. The van der Waals surface area contributed by atoms with E-state index in [0.717, 1.165) is 39.4 Å². The van der Waals surface area contributed by atoms with Gasteiger partial charge in [0.25, 0.3) is 5.91 Å². The first kappa shape index (κ1) is 21.0. The molecule has 1 amide bonds. The number of aryl methyl sites for hydroxylation is 4. The maximum absolute atomic E-state index is 13.3. The number of amides is 1. The van der Waals surface area contributed by atoms with Gasteiger partial charge in [-0.2, -0.15) is 11.3 Å². The lowest BCUT2D eigenvalue weighted by atomic mass is 9.99. The second kappa shape index (κ2) is 8.85. The van der Waals surface area contributed by atoms with Crippen LogP contribution in [-0.2, 0) is 12.8 Å². The Labute approximate surface area is 184 Å². The minimum Gasteiger partial charge on any atom is -0.361 e. The summed E-state index contributed by atoms with van der Waals surface area (Å²) in [6, 6.07) is 5.67. The van der Waals surface area contributed by atoms with Gasteiger partial charge in [-0.3, -0.25) is 9.78 Å². The number of carbonyl (C=O) groups is 1. The zero-order valence-electron chi connectivity index (χ0n) is 17.9. The average Bonchev–Trinajstić information content (AvgIpc) is 3.46. The largest absolute Gasteiger partial charge is 0.361 e. The van der Waals surface area contributed by atoms with Crippen LogP contribution in [0.15, 0.2) is 44.2 Å². The molecule has 8 heteroatoms. The Kier molecular flexibility index (Phi) is 5.99. The van der Waals surface area contributed by atoms with Gasteiger partial charge >= 0.3 is 0 Å². The quantitative estimate of drug-likeness (QED) is 0.453. The molecule has 0 radical (unpaired) electrons. The van der Waals surface area contributed by atoms with Crippen LogP contribution in [0.2, 0.25) is 0 Å². The lowest BCUT2D eigenvalue weighted by Crippen LogP contribution is -2.32. The van der Waals surface area contributed by atoms with Crippen LogP contribution in [-0.4, -0.2) is 21.2 Å². The molecule has 7 nitrogen and oxygen atoms in total. The predicted octanol–water partition coefficient (Wildman–Crippen LogP) is 4.66. The van der Waals surface area contributed by atoms with Gasteiger partial charge in [-0.05, 0) is 68.1 Å². The minimum absolute atomic E-state index is 0.279. The molecule has 0 unspecified atom stereocenters. The van der Waals surface area contributed by atoms with Gasteiger partial charge < -0.3 is 14.4 Å². The lowest BCUT2D eigenvalue weighted by molar-refractivity contribution is 0.0925. The molecule has 0 bridgehead atoms. The van der Waals surface area contributed by atoms with Crippen LogP contribution in [0.25, 0.3) is 0 Å². The molecule has 4 heterocycles. The van der Waals surface area contributed by atoms with Crippen LogP contribution in [0.1, 0.15) is 61.7 Å². The molecule has 4 aromatic heterocycles. The fourth-order valence-electron chi connectivity index (χ4n) is 3.66. The first-order valence-electron chi connectivity index (χ1n) is 10.0. The van der Waals surface area contributed by atoms with Crippen LogP contribution in [0.5, 0.6) is 0 Å². The van der Waals surface area contributed by atoms with Gasteiger partial charge in [-0.15, -0.1) is 0 Å². The van der Waals surface area contributed by atoms with Crippen molar-refractivity contribution < 1.29 is 13.8 Å². The lowest BCUT2D eigenvalue weighted by Gasteiger charge is -2.19. The summed E-state index contributed by atoms with van der Waals surface area (Å²) < 4.78 is 10.7. The molecule has 0 aromatic carbocycles. The monoisotopic (exact) mass is 436 g/mol. The highest BCUT2D eigenvalue weighted by Crippen LogP contribution is 2.25. The highest BCUT2D eigenvalue weighted by Gasteiger charge is 2.26. The number of aromatic nitrogens is 3. The van der Waals surface area contributed by atoms with Crippen LogP contribution >= 0.6 is 11.3 Å². The topological polar surface area (TPSA) is 94.1 Å². The molecule has 1 atom stereocenters. The van der Waals surface area contributed by atoms with E-state index in [1.54, 1.807) is 17.5 Å². The number of rotatable bonds is 7. The van der Waals surface area contributed by atoms with Crippen LogP contribution in [0, 0.1) is 27.7 Å². The maximum Gasteiger partial charge on any atom is 0.274 e. The Morgan fingerprint density at radius 2 is 1.87 bits per heavy atom. The number of hydrogen-bond acceptors (Lipinski definition) is 7. The van der Waals surface area contributed by atoms with E-state index in [0.29, 0.717) is 18.6 Å². The van der Waals surface area contributed by atoms with Crippen molar-refractivity contribution in [2.45, 2.75) is 46.6 Å². The summed E-state index contributed by atoms with van der Waals surface area (Å²) in [6.07, 6.45) is 2.86. The van der Waals surface area contributed by atoms with Gasteiger partial charge in [-0.1, -0.05) is 16.4 Å². The zero-order chi connectivity index (χ0) is 22.0. The summed E-state index contributed by atoms with van der Waals surface area (Å²) in [5.74, 6) is 1.04. The molecule has 0 fully saturated rings. The third-order valence-corrected chi connectivity index (χ3v) is 6.17. The highest BCUT2D eigenvalue weighted by molar-refractivity contribution is 7.07. The summed E-state index contributed by atoms with van der Waals surface area (Å²) in [6.45, 7) is 7.55. The van der Waals surface area contributed by atoms with Gasteiger partial charge in [0.2, 0.25) is 0 Å². The molecule has 4 rings (SSSR count). The molecule has 160 valence electrons. The molecular formula is C23H24N4O3S. The van der Waals surface area contributed by atoms with E-state index in [1.165, 1.54) is 0 Å². The number of pyridine rings is 1. The minimum atomic E-state index is -0.288. The van der Waals surface area contributed by atoms with Crippen molar-refractivity contribution in [3.63, 3.8) is 0 Å². The van der Waals surface area contributed by atoms with Crippen molar-refractivity contribution in [1.29, 1.82) is 0 Å². The van der Waals surface area contributed by atoms with E-state index in [-0.39, 0.29) is 17.6 Å². The van der Waals surface area contributed by atoms with Crippen molar-refractivity contribution >= 4 is 17.2 Å². The second-order valence-electron chi connectivity index (χ2n) is 7.61. The third kappa shape index (κ3) is 4.44. The molecule has 1 N–H and O–H groups in total. The van der Waals surface area contributed by atoms with Crippen molar-refractivity contribution in [2.75, 3.05) is 0 Å². The molecular weight excluding hydrogens is 412 g/mol. The number of thiophene rings is 1. The Morgan fingerprint density at radius 1 is 1.10 bits per heavy atom. The molecule has 0 saturated carbocycles. The number of carbonyl (C=O) groups excluding carboxylic acids is 1. The van der Waals surface area contributed by atoms with Crippen molar-refractivity contribution in [3.05, 3.63) is 86.0 Å². The van der Waals surface area contributed by atoms with Gasteiger partial charge in [0.15, 0.2) is 5.69 Å². The first-order chi connectivity index (χ1) is 14.9. The molecule has 0 saturated heterocycles. The van der Waals surface area contributed by atoms with E-state index >= 15 is 0 Å². The summed E-state index contributed by atoms with van der Waals surface area (Å²) in [5.41, 5.74) is 5.76. The summed E-state index contributed by atoms with van der Waals surface area (Å²) in [4.78, 5) is 17.8. The fraction of sp³-hybridized carbons (Fsp3) is 0.304. The average molecular weight is 437 g/mol. The van der Waals surface area contributed by atoms with Crippen molar-refractivity contribution in [3.8, 4) is 0 Å². The second-order valence-corrected chi connectivity index (χ2v) is 8.39. The van der Waals surface area contributed by atoms with E-state index in [1.807, 2.05) is 45.2 Å². The van der Waals surface area contributed by atoms with E-state index in [2.05, 4.69) is 32.1 Å². The summed E-state index contributed by atoms with van der Waals surface area (Å²) >= 11 is 1.63. The first-order valence-corrected chi connectivity index (χ1v) is 11.0. The summed E-state index contributed by atoms with van der Waals surface area (Å²) in [7, 11) is 0. The number of hydrogen-bond donors (Lipinski definition) is 1. The number of nitrogens with zero attached hydrogens (tertiary/aromatic N) is 3. The molecule has 31 heavy (non-hydrogen) atoms. The van der Waals surface area contributed by atoms with E-state index in [9.17, 15) is 4.79 Å². The summed E-state index contributed by atoms with van der Waals surface area (Å²) in [5, 5.41) is 15.3. The van der Waals surface area contributed by atoms with Crippen LogP contribution in [0.4, 0.5) is 0 Å². The molecule has 4 aromatic rings. The molecule has 0 aliphatic carbocycles. The van der Waals surface area contributed by atoms with Gasteiger partial charge in [0.05, 0.1) is 17.4 Å². The highest BCUT2D eigenvalue weighted by atomic mass is 32.1. The van der Waals surface area contributed by atoms with E-state index in [4.69, 9.17) is 9.05 Å². The Hall–Kier alpha value is -3.26.